The molecular formula is C28H23F3N2O5. The van der Waals surface area contributed by atoms with Crippen molar-refractivity contribution >= 4 is 17.5 Å². The molecule has 3 aromatic rings. The fraction of sp³-hybridized carbons (Fsp3) is 0.321. The number of halogens is 3. The number of fused-ring (bicyclic) bond motifs is 4. The molecule has 6 rings (SSSR count). The predicted molar refractivity (Wildman–Crippen MR) is 130 cm³/mol. The zero-order valence-corrected chi connectivity index (χ0v) is 20.3. The number of amides is 1. The van der Waals surface area contributed by atoms with E-state index in [1.54, 1.807) is 18.3 Å². The fourth-order valence-electron chi connectivity index (χ4n) is 5.39. The topological polar surface area (TPSA) is 86.8 Å². The number of alkyl halides is 3. The van der Waals surface area contributed by atoms with Crippen LogP contribution in [-0.4, -0.2) is 29.9 Å². The van der Waals surface area contributed by atoms with Crippen molar-refractivity contribution in [2.24, 2.45) is 5.92 Å². The summed E-state index contributed by atoms with van der Waals surface area (Å²) in [7, 11) is 1.18. The number of ether oxygens (including phenoxy) is 3. The lowest BCUT2D eigenvalue weighted by atomic mass is 10.00. The fourth-order valence-corrected chi connectivity index (χ4v) is 5.39. The molecule has 3 aliphatic rings. The second-order valence-corrected chi connectivity index (χ2v) is 9.71. The van der Waals surface area contributed by atoms with E-state index in [2.05, 4.69) is 10.3 Å². The normalized spacial score (nSPS) is 20.9. The van der Waals surface area contributed by atoms with E-state index in [0.29, 0.717) is 35.7 Å². The molecule has 38 heavy (non-hydrogen) atoms. The molecule has 3 atom stereocenters. The second kappa shape index (κ2) is 9.04. The number of hydrogen-bond acceptors (Lipinski definition) is 6. The molecule has 0 unspecified atom stereocenters. The lowest BCUT2D eigenvalue weighted by Crippen LogP contribution is -2.20. The molecule has 1 aliphatic carbocycles. The number of nitrogens with one attached hydrogen (secondary N) is 1. The standard InChI is InChI=1S/C28H23F3N2O5/c1-36-23-5-2-14(11-20(23)28(29,30)31)10-15(34)12-19-25-18-13-16(3-6-21(18)38-26(19)25)37-22-8-9-32-27-17(22)4-7-24(35)33-27/h2-3,5-6,8-9,11,13,19,25-26H,4,7,10,12H2,1H3,(H,32,33,35)/t19-,25-,26+/m0/s1. The first-order valence-corrected chi connectivity index (χ1v) is 12.2. The van der Waals surface area contributed by atoms with Gasteiger partial charge in [0, 0.05) is 48.4 Å². The van der Waals surface area contributed by atoms with Crippen LogP contribution in [0, 0.1) is 5.92 Å². The molecule has 0 saturated heterocycles. The van der Waals surface area contributed by atoms with Crippen LogP contribution in [0.15, 0.2) is 48.7 Å². The molecular weight excluding hydrogens is 501 g/mol. The Morgan fingerprint density at radius 1 is 1.13 bits per heavy atom. The highest BCUT2D eigenvalue weighted by molar-refractivity contribution is 5.93. The molecule has 1 N–H and O–H groups in total. The number of anilines is 1. The van der Waals surface area contributed by atoms with Crippen LogP contribution in [0.3, 0.4) is 0 Å². The summed E-state index contributed by atoms with van der Waals surface area (Å²) in [6, 6.07) is 11.0. The highest BCUT2D eigenvalue weighted by Gasteiger charge is 2.59. The molecule has 196 valence electrons. The van der Waals surface area contributed by atoms with Crippen LogP contribution >= 0.6 is 0 Å². The summed E-state index contributed by atoms with van der Waals surface area (Å²) in [5, 5.41) is 2.75. The Kier molecular flexibility index (Phi) is 5.77. The van der Waals surface area contributed by atoms with Crippen molar-refractivity contribution in [1.82, 2.24) is 4.98 Å². The maximum absolute atomic E-state index is 13.3. The van der Waals surface area contributed by atoms with E-state index < -0.39 is 11.7 Å². The molecule has 0 bridgehead atoms. The molecule has 10 heteroatoms. The van der Waals surface area contributed by atoms with Gasteiger partial charge in [0.2, 0.25) is 5.91 Å². The molecule has 1 aromatic heterocycles. The second-order valence-electron chi connectivity index (χ2n) is 9.71. The third-order valence-corrected chi connectivity index (χ3v) is 7.23. The largest absolute Gasteiger partial charge is 0.496 e. The molecule has 3 heterocycles. The molecule has 0 radical (unpaired) electrons. The van der Waals surface area contributed by atoms with Crippen LogP contribution in [0.4, 0.5) is 19.0 Å². The minimum Gasteiger partial charge on any atom is -0.496 e. The van der Waals surface area contributed by atoms with Crippen LogP contribution in [0.2, 0.25) is 0 Å². The molecule has 0 spiro atoms. The number of hydrogen-bond donors (Lipinski definition) is 1. The first-order valence-electron chi connectivity index (χ1n) is 12.2. The Balaban J connectivity index is 1.13. The van der Waals surface area contributed by atoms with E-state index in [4.69, 9.17) is 14.2 Å². The van der Waals surface area contributed by atoms with Crippen LogP contribution in [0.5, 0.6) is 23.0 Å². The first-order chi connectivity index (χ1) is 18.2. The van der Waals surface area contributed by atoms with Gasteiger partial charge in [0.1, 0.15) is 40.7 Å². The minimum atomic E-state index is -4.57. The van der Waals surface area contributed by atoms with Crippen molar-refractivity contribution < 1.29 is 37.0 Å². The Labute approximate surface area is 215 Å². The molecule has 2 aromatic carbocycles. The monoisotopic (exact) mass is 524 g/mol. The van der Waals surface area contributed by atoms with Gasteiger partial charge in [-0.25, -0.2) is 4.98 Å². The van der Waals surface area contributed by atoms with Crippen LogP contribution in [0.1, 0.15) is 41.0 Å². The summed E-state index contributed by atoms with van der Waals surface area (Å²) in [4.78, 5) is 28.7. The lowest BCUT2D eigenvalue weighted by Gasteiger charge is -2.19. The molecule has 1 fully saturated rings. The number of benzene rings is 2. The quantitative estimate of drug-likeness (QED) is 0.442. The average Bonchev–Trinajstić information content (AvgIpc) is 3.39. The van der Waals surface area contributed by atoms with Gasteiger partial charge in [-0.1, -0.05) is 6.07 Å². The molecule has 2 aliphatic heterocycles. The lowest BCUT2D eigenvalue weighted by molar-refractivity contribution is -0.139. The predicted octanol–water partition coefficient (Wildman–Crippen LogP) is 5.46. The van der Waals surface area contributed by atoms with Gasteiger partial charge in [-0.3, -0.25) is 9.59 Å². The van der Waals surface area contributed by atoms with Crippen LogP contribution < -0.4 is 19.5 Å². The maximum atomic E-state index is 13.3. The number of rotatable bonds is 7. The zero-order chi connectivity index (χ0) is 26.6. The van der Waals surface area contributed by atoms with E-state index in [1.807, 2.05) is 12.1 Å². The van der Waals surface area contributed by atoms with Crippen LogP contribution in [-0.2, 0) is 28.6 Å². The van der Waals surface area contributed by atoms with Crippen molar-refractivity contribution in [3.05, 3.63) is 70.9 Å². The summed E-state index contributed by atoms with van der Waals surface area (Å²) >= 11 is 0. The number of nitrogens with zero attached hydrogens (tertiary/aromatic N) is 1. The van der Waals surface area contributed by atoms with E-state index >= 15 is 0 Å². The SMILES string of the molecule is COc1ccc(CC(=O)C[C@@H]2[C@H]3Oc4ccc(Oc5ccnc6c5CCC(=O)N6)cc4[C@@H]23)cc1C(F)(F)F. The van der Waals surface area contributed by atoms with Gasteiger partial charge in [-0.05, 0) is 48.4 Å². The number of ketones is 1. The highest BCUT2D eigenvalue weighted by Crippen LogP contribution is 2.60. The van der Waals surface area contributed by atoms with Gasteiger partial charge in [0.15, 0.2) is 0 Å². The Hall–Kier alpha value is -4.08. The highest BCUT2D eigenvalue weighted by atomic mass is 19.4. The summed E-state index contributed by atoms with van der Waals surface area (Å²) < 4.78 is 57.0. The molecule has 1 saturated carbocycles. The van der Waals surface area contributed by atoms with Crippen LogP contribution in [0.25, 0.3) is 0 Å². The van der Waals surface area contributed by atoms with E-state index in [0.717, 1.165) is 22.9 Å². The smallest absolute Gasteiger partial charge is 0.419 e. The zero-order valence-electron chi connectivity index (χ0n) is 20.3. The van der Waals surface area contributed by atoms with Crippen molar-refractivity contribution in [2.75, 3.05) is 12.4 Å². The number of pyridine rings is 1. The maximum Gasteiger partial charge on any atom is 0.419 e. The first kappa shape index (κ1) is 24.3. The Bertz CT molecular complexity index is 1450. The Morgan fingerprint density at radius 2 is 1.97 bits per heavy atom. The minimum absolute atomic E-state index is 0.0322. The number of aromatic nitrogens is 1. The van der Waals surface area contributed by atoms with Gasteiger partial charge in [0.05, 0.1) is 12.7 Å². The third-order valence-electron chi connectivity index (χ3n) is 7.23. The van der Waals surface area contributed by atoms with Gasteiger partial charge >= 0.3 is 6.18 Å². The summed E-state index contributed by atoms with van der Waals surface area (Å²) in [5.74, 6) is 1.97. The summed E-state index contributed by atoms with van der Waals surface area (Å²) in [6.07, 6.45) is -2.11. The van der Waals surface area contributed by atoms with Crippen molar-refractivity contribution in [3.63, 3.8) is 0 Å². The molecule has 1 amide bonds. The van der Waals surface area contributed by atoms with Crippen molar-refractivity contribution in [2.45, 2.75) is 43.9 Å². The van der Waals surface area contributed by atoms with E-state index in [9.17, 15) is 22.8 Å². The number of carbonyl (C=O) groups excluding carboxylic acids is 2. The van der Waals surface area contributed by atoms with E-state index in [-0.39, 0.29) is 48.2 Å². The number of Topliss-reactive ketones (excluding diaryl/α,β-unsaturated/α-hetero) is 1. The summed E-state index contributed by atoms with van der Waals surface area (Å²) in [5.41, 5.74) is 1.19. The van der Waals surface area contributed by atoms with Crippen molar-refractivity contribution in [3.8, 4) is 23.0 Å². The number of carbonyl (C=O) groups is 2. The molecule has 7 nitrogen and oxygen atoms in total. The number of methoxy groups -OCH3 is 1. The van der Waals surface area contributed by atoms with Crippen molar-refractivity contribution in [1.29, 1.82) is 0 Å². The van der Waals surface area contributed by atoms with Gasteiger partial charge < -0.3 is 19.5 Å². The average molecular weight is 524 g/mol. The van der Waals surface area contributed by atoms with E-state index in [1.165, 1.54) is 19.2 Å². The third kappa shape index (κ3) is 4.44. The van der Waals surface area contributed by atoms with Gasteiger partial charge in [-0.15, -0.1) is 0 Å². The summed E-state index contributed by atoms with van der Waals surface area (Å²) in [6.45, 7) is 0. The van der Waals surface area contributed by atoms with Gasteiger partial charge in [-0.2, -0.15) is 13.2 Å². The Morgan fingerprint density at radius 3 is 2.76 bits per heavy atom. The van der Waals surface area contributed by atoms with Gasteiger partial charge in [0.25, 0.3) is 0 Å².